The molecule has 0 radical (unpaired) electrons. The van der Waals surface area contributed by atoms with Gasteiger partial charge in [-0.25, -0.2) is 4.39 Å². The zero-order valence-electron chi connectivity index (χ0n) is 17.1. The fraction of sp³-hybridized carbons (Fsp3) is 0.636. The Kier molecular flexibility index (Phi) is 8.00. The van der Waals surface area contributed by atoms with Gasteiger partial charge in [0.2, 0.25) is 11.8 Å². The normalized spacial score (nSPS) is 20.9. The first-order valence-electron chi connectivity index (χ1n) is 10.5. The molecule has 1 aromatic rings. The number of methoxy groups -OCH3 is 1. The predicted molar refractivity (Wildman–Crippen MR) is 107 cm³/mol. The molecule has 2 aliphatic rings. The quantitative estimate of drug-likeness (QED) is 0.622. The number of benzene rings is 1. The Morgan fingerprint density at radius 1 is 1.21 bits per heavy atom. The van der Waals surface area contributed by atoms with Gasteiger partial charge in [-0.2, -0.15) is 0 Å². The van der Waals surface area contributed by atoms with Gasteiger partial charge in [0.15, 0.2) is 0 Å². The van der Waals surface area contributed by atoms with E-state index in [1.54, 1.807) is 18.1 Å². The molecule has 0 aliphatic carbocycles. The van der Waals surface area contributed by atoms with Crippen molar-refractivity contribution >= 4 is 11.8 Å². The largest absolute Gasteiger partial charge is 0.382 e. The number of hydrogen-bond donors (Lipinski definition) is 0. The first-order chi connectivity index (χ1) is 14.1. The second kappa shape index (κ2) is 10.7. The summed E-state index contributed by atoms with van der Waals surface area (Å²) < 4.78 is 24.1. The summed E-state index contributed by atoms with van der Waals surface area (Å²) in [5.41, 5.74) is 0.863. The molecule has 0 bridgehead atoms. The molecule has 2 amide bonds. The van der Waals surface area contributed by atoms with E-state index in [1.165, 1.54) is 12.1 Å². The molecule has 160 valence electrons. The molecular weight excluding hydrogens is 375 g/mol. The summed E-state index contributed by atoms with van der Waals surface area (Å²) in [5.74, 6) is -0.194. The molecule has 2 aliphatic heterocycles. The van der Waals surface area contributed by atoms with E-state index in [2.05, 4.69) is 0 Å². The van der Waals surface area contributed by atoms with Crippen molar-refractivity contribution in [3.8, 4) is 0 Å². The lowest BCUT2D eigenvalue weighted by molar-refractivity contribution is -0.144. The lowest BCUT2D eigenvalue weighted by Gasteiger charge is -2.37. The monoisotopic (exact) mass is 406 g/mol. The van der Waals surface area contributed by atoms with Gasteiger partial charge >= 0.3 is 0 Å². The maximum atomic E-state index is 13.4. The van der Waals surface area contributed by atoms with Crippen LogP contribution in [0, 0.1) is 11.7 Å². The highest BCUT2D eigenvalue weighted by Gasteiger charge is 2.34. The number of carbonyl (C=O) groups is 2. The van der Waals surface area contributed by atoms with Crippen LogP contribution in [0.15, 0.2) is 24.3 Å². The third-order valence-electron chi connectivity index (χ3n) is 5.80. The smallest absolute Gasteiger partial charge is 0.227 e. The second-order valence-corrected chi connectivity index (χ2v) is 7.84. The van der Waals surface area contributed by atoms with Crippen molar-refractivity contribution in [3.05, 3.63) is 35.6 Å². The molecule has 2 fully saturated rings. The molecule has 2 saturated heterocycles. The van der Waals surface area contributed by atoms with Gasteiger partial charge in [0.05, 0.1) is 25.2 Å². The van der Waals surface area contributed by atoms with Crippen LogP contribution < -0.4 is 0 Å². The average molecular weight is 406 g/mol. The molecule has 0 spiro atoms. The number of carbonyl (C=O) groups excluding carboxylic acids is 2. The van der Waals surface area contributed by atoms with Gasteiger partial charge in [0, 0.05) is 39.7 Å². The van der Waals surface area contributed by atoms with Crippen LogP contribution in [0.2, 0.25) is 0 Å². The first kappa shape index (κ1) is 21.7. The highest BCUT2D eigenvalue weighted by molar-refractivity contribution is 5.84. The van der Waals surface area contributed by atoms with Crippen LogP contribution in [0.25, 0.3) is 0 Å². The third-order valence-corrected chi connectivity index (χ3v) is 5.80. The summed E-state index contributed by atoms with van der Waals surface area (Å²) >= 11 is 0. The van der Waals surface area contributed by atoms with E-state index in [0.29, 0.717) is 58.7 Å². The fourth-order valence-electron chi connectivity index (χ4n) is 4.09. The maximum Gasteiger partial charge on any atom is 0.227 e. The standard InChI is InChI=1S/C22H31FN2O4/c1-28-13-14-29-20-8-11-24(12-9-20)22(27)18-5-6-21(26)25(16-18)10-7-17-3-2-4-19(23)15-17/h2-4,15,18,20H,5-14,16H2,1H3/t18-/m1/s1. The zero-order chi connectivity index (χ0) is 20.6. The number of piperidine rings is 2. The SMILES string of the molecule is COCCOC1CCN(C(=O)[C@@H]2CCC(=O)N(CCc3cccc(F)c3)C2)CC1. The van der Waals surface area contributed by atoms with E-state index in [4.69, 9.17) is 9.47 Å². The van der Waals surface area contributed by atoms with Crippen molar-refractivity contribution in [2.24, 2.45) is 5.92 Å². The number of nitrogens with zero attached hydrogens (tertiary/aromatic N) is 2. The van der Waals surface area contributed by atoms with E-state index in [1.807, 2.05) is 11.0 Å². The Morgan fingerprint density at radius 2 is 2.00 bits per heavy atom. The predicted octanol–water partition coefficient (Wildman–Crippen LogP) is 2.26. The zero-order valence-corrected chi connectivity index (χ0v) is 17.1. The molecule has 0 N–H and O–H groups in total. The van der Waals surface area contributed by atoms with Gasteiger partial charge < -0.3 is 19.3 Å². The second-order valence-electron chi connectivity index (χ2n) is 7.84. The molecule has 1 atom stereocenters. The van der Waals surface area contributed by atoms with Crippen molar-refractivity contribution < 1.29 is 23.5 Å². The van der Waals surface area contributed by atoms with Crippen molar-refractivity contribution in [3.63, 3.8) is 0 Å². The lowest BCUT2D eigenvalue weighted by Crippen LogP contribution is -2.49. The third kappa shape index (κ3) is 6.24. The highest BCUT2D eigenvalue weighted by Crippen LogP contribution is 2.23. The molecular formula is C22H31FN2O4. The van der Waals surface area contributed by atoms with Crippen LogP contribution in [-0.4, -0.2) is 74.2 Å². The summed E-state index contributed by atoms with van der Waals surface area (Å²) in [7, 11) is 1.65. The van der Waals surface area contributed by atoms with Gasteiger partial charge in [-0.15, -0.1) is 0 Å². The maximum absolute atomic E-state index is 13.4. The van der Waals surface area contributed by atoms with Gasteiger partial charge in [-0.3, -0.25) is 9.59 Å². The van der Waals surface area contributed by atoms with Crippen LogP contribution in [0.5, 0.6) is 0 Å². The van der Waals surface area contributed by atoms with E-state index < -0.39 is 0 Å². The average Bonchev–Trinajstić information content (AvgIpc) is 2.73. The Morgan fingerprint density at radius 3 is 2.72 bits per heavy atom. The Bertz CT molecular complexity index is 691. The summed E-state index contributed by atoms with van der Waals surface area (Å²) in [6.07, 6.45) is 3.46. The van der Waals surface area contributed by atoms with E-state index in [-0.39, 0.29) is 29.7 Å². The Balaban J connectivity index is 1.47. The number of likely N-dealkylation sites (tertiary alicyclic amines) is 2. The minimum absolute atomic E-state index is 0.0794. The van der Waals surface area contributed by atoms with Crippen molar-refractivity contribution in [1.82, 2.24) is 9.80 Å². The van der Waals surface area contributed by atoms with Crippen LogP contribution >= 0.6 is 0 Å². The Hall–Kier alpha value is -1.99. The molecule has 3 rings (SSSR count). The molecule has 0 saturated carbocycles. The Labute approximate surface area is 171 Å². The summed E-state index contributed by atoms with van der Waals surface area (Å²) in [5, 5.41) is 0. The van der Waals surface area contributed by atoms with Gasteiger partial charge in [-0.05, 0) is 43.4 Å². The summed E-state index contributed by atoms with van der Waals surface area (Å²) in [6, 6.07) is 6.45. The first-order valence-corrected chi connectivity index (χ1v) is 10.5. The minimum atomic E-state index is -0.268. The van der Waals surface area contributed by atoms with Crippen LogP contribution in [0.1, 0.15) is 31.2 Å². The van der Waals surface area contributed by atoms with Crippen molar-refractivity contribution in [2.75, 3.05) is 46.5 Å². The topological polar surface area (TPSA) is 59.1 Å². The van der Waals surface area contributed by atoms with E-state index in [0.717, 1.165) is 18.4 Å². The van der Waals surface area contributed by atoms with Crippen LogP contribution in [-0.2, 0) is 25.5 Å². The number of amides is 2. The van der Waals surface area contributed by atoms with Crippen LogP contribution in [0.3, 0.4) is 0 Å². The molecule has 29 heavy (non-hydrogen) atoms. The highest BCUT2D eigenvalue weighted by atomic mass is 19.1. The lowest BCUT2D eigenvalue weighted by atomic mass is 9.94. The number of rotatable bonds is 8. The summed E-state index contributed by atoms with van der Waals surface area (Å²) in [6.45, 7) is 3.54. The molecule has 1 aromatic carbocycles. The number of hydrogen-bond acceptors (Lipinski definition) is 4. The van der Waals surface area contributed by atoms with Gasteiger partial charge in [-0.1, -0.05) is 12.1 Å². The molecule has 0 unspecified atom stereocenters. The van der Waals surface area contributed by atoms with E-state index >= 15 is 0 Å². The number of halogens is 1. The molecule has 6 nitrogen and oxygen atoms in total. The fourth-order valence-corrected chi connectivity index (χ4v) is 4.09. The minimum Gasteiger partial charge on any atom is -0.382 e. The van der Waals surface area contributed by atoms with Crippen molar-refractivity contribution in [2.45, 2.75) is 38.2 Å². The summed E-state index contributed by atoms with van der Waals surface area (Å²) in [4.78, 5) is 28.9. The van der Waals surface area contributed by atoms with Gasteiger partial charge in [0.25, 0.3) is 0 Å². The molecule has 2 heterocycles. The van der Waals surface area contributed by atoms with Crippen LogP contribution in [0.4, 0.5) is 4.39 Å². The molecule has 7 heteroatoms. The molecule has 0 aromatic heterocycles. The van der Waals surface area contributed by atoms with E-state index in [9.17, 15) is 14.0 Å². The van der Waals surface area contributed by atoms with Gasteiger partial charge in [0.1, 0.15) is 5.82 Å². The van der Waals surface area contributed by atoms with Crippen molar-refractivity contribution in [1.29, 1.82) is 0 Å². The number of ether oxygens (including phenoxy) is 2.